The smallest absolute Gasteiger partial charge is 0.260 e. The van der Waals surface area contributed by atoms with Crippen LogP contribution in [0.1, 0.15) is 20.8 Å². The third-order valence-electron chi connectivity index (χ3n) is 1.16. The van der Waals surface area contributed by atoms with Crippen molar-refractivity contribution in [2.24, 2.45) is 5.84 Å². The van der Waals surface area contributed by atoms with E-state index in [9.17, 15) is 4.79 Å². The normalized spacial score (nSPS) is 9.38. The van der Waals surface area contributed by atoms with Gasteiger partial charge in [-0.15, -0.1) is 13.2 Å². The first-order valence-corrected chi connectivity index (χ1v) is 3.90. The van der Waals surface area contributed by atoms with Crippen LogP contribution >= 0.6 is 0 Å². The lowest BCUT2D eigenvalue weighted by Crippen LogP contribution is -2.30. The molecule has 0 aromatic carbocycles. The van der Waals surface area contributed by atoms with E-state index in [2.05, 4.69) is 18.6 Å². The van der Waals surface area contributed by atoms with Crippen LogP contribution in [0.2, 0.25) is 0 Å². The summed E-state index contributed by atoms with van der Waals surface area (Å²) in [5.74, 6) is 4.67. The average Bonchev–Trinajstić information content (AvgIpc) is 2.16. The maximum absolute atomic E-state index is 10.8. The molecule has 0 heterocycles. The summed E-state index contributed by atoms with van der Waals surface area (Å²) in [4.78, 5) is 10.8. The molecule has 0 rings (SSSR count). The van der Waals surface area contributed by atoms with Crippen LogP contribution in [0.3, 0.4) is 0 Å². The lowest BCUT2D eigenvalue weighted by atomic mass is 10.2. The molecule has 0 spiro atoms. The molecule has 0 aliphatic heterocycles. The number of nitrogens with two attached hydrogens (primary N) is 1. The van der Waals surface area contributed by atoms with Gasteiger partial charge in [0.05, 0.1) is 0 Å². The van der Waals surface area contributed by atoms with Crippen molar-refractivity contribution in [3.8, 4) is 0 Å². The molecule has 0 saturated heterocycles. The van der Waals surface area contributed by atoms with Crippen LogP contribution in [0.15, 0.2) is 36.5 Å². The zero-order valence-electron chi connectivity index (χ0n) is 8.55. The minimum atomic E-state index is -0.248. The molecule has 3 nitrogen and oxygen atoms in total. The Labute approximate surface area is 80.0 Å². The van der Waals surface area contributed by atoms with Crippen LogP contribution in [0.4, 0.5) is 0 Å². The molecule has 3 heteroatoms. The van der Waals surface area contributed by atoms with Gasteiger partial charge in [-0.3, -0.25) is 10.2 Å². The minimum Gasteiger partial charge on any atom is -0.290 e. The van der Waals surface area contributed by atoms with Gasteiger partial charge in [0.2, 0.25) is 0 Å². The Morgan fingerprint density at radius 3 is 2.00 bits per heavy atom. The molecule has 0 aliphatic rings. The van der Waals surface area contributed by atoms with Crippen LogP contribution < -0.4 is 11.3 Å². The van der Waals surface area contributed by atoms with E-state index in [1.165, 1.54) is 0 Å². The third-order valence-corrected chi connectivity index (χ3v) is 1.16. The first kappa shape index (κ1) is 14.2. The highest BCUT2D eigenvalue weighted by Gasteiger charge is 1.97. The first-order chi connectivity index (χ1) is 6.07. The van der Waals surface area contributed by atoms with E-state index in [4.69, 9.17) is 5.84 Å². The maximum atomic E-state index is 10.8. The van der Waals surface area contributed by atoms with E-state index in [1.807, 2.05) is 19.9 Å². The van der Waals surface area contributed by atoms with Crippen molar-refractivity contribution >= 4 is 5.91 Å². The second kappa shape index (κ2) is 8.74. The van der Waals surface area contributed by atoms with Crippen molar-refractivity contribution in [2.45, 2.75) is 20.8 Å². The molecule has 13 heavy (non-hydrogen) atoms. The van der Waals surface area contributed by atoms with Gasteiger partial charge in [0.25, 0.3) is 5.91 Å². The molecular formula is C10H18N2O. The predicted octanol–water partition coefficient (Wildman–Crippen LogP) is 1.69. The van der Waals surface area contributed by atoms with Crippen LogP contribution in [0, 0.1) is 0 Å². The number of carbonyl (C=O) groups excluding carboxylic acids is 1. The summed E-state index contributed by atoms with van der Waals surface area (Å²) >= 11 is 0. The highest BCUT2D eigenvalue weighted by Crippen LogP contribution is 1.95. The van der Waals surface area contributed by atoms with Crippen molar-refractivity contribution < 1.29 is 4.79 Å². The van der Waals surface area contributed by atoms with Gasteiger partial charge in [-0.2, -0.15) is 0 Å². The van der Waals surface area contributed by atoms with Gasteiger partial charge in [-0.05, 0) is 20.8 Å². The second-order valence-electron chi connectivity index (χ2n) is 2.57. The van der Waals surface area contributed by atoms with Crippen LogP contribution in [0.5, 0.6) is 0 Å². The Morgan fingerprint density at radius 1 is 1.23 bits per heavy atom. The average molecular weight is 182 g/mol. The Kier molecular flexibility index (Phi) is 9.54. The largest absolute Gasteiger partial charge is 0.290 e. The number of rotatable bonds is 2. The molecular weight excluding hydrogens is 164 g/mol. The Morgan fingerprint density at radius 2 is 1.69 bits per heavy atom. The van der Waals surface area contributed by atoms with Gasteiger partial charge < -0.3 is 0 Å². The highest BCUT2D eigenvalue weighted by molar-refractivity contribution is 5.92. The van der Waals surface area contributed by atoms with E-state index in [1.54, 1.807) is 13.0 Å². The summed E-state index contributed by atoms with van der Waals surface area (Å²) in [7, 11) is 0. The summed E-state index contributed by atoms with van der Waals surface area (Å²) in [5, 5.41) is 0. The molecule has 0 aromatic heterocycles. The first-order valence-electron chi connectivity index (χ1n) is 3.90. The standard InChI is InChI=1S/C8H14N2O.C2H4/c1-6(2)4-5-7(3)8(11)10-9;1-2/h4-5H,9H2,1-3H3,(H,10,11);1-2H2/b7-5+;. The molecule has 0 saturated carbocycles. The van der Waals surface area contributed by atoms with E-state index in [0.717, 1.165) is 5.57 Å². The van der Waals surface area contributed by atoms with Gasteiger partial charge in [0.1, 0.15) is 0 Å². The summed E-state index contributed by atoms with van der Waals surface area (Å²) in [5.41, 5.74) is 3.80. The van der Waals surface area contributed by atoms with Crippen molar-refractivity contribution in [3.63, 3.8) is 0 Å². The fraction of sp³-hybridized carbons (Fsp3) is 0.300. The van der Waals surface area contributed by atoms with Gasteiger partial charge in [-0.1, -0.05) is 17.7 Å². The van der Waals surface area contributed by atoms with Crippen molar-refractivity contribution in [1.82, 2.24) is 5.43 Å². The molecule has 0 fully saturated rings. The zero-order chi connectivity index (χ0) is 10.9. The number of allylic oxidation sites excluding steroid dienone is 3. The Bertz CT molecular complexity index is 213. The summed E-state index contributed by atoms with van der Waals surface area (Å²) < 4.78 is 0. The molecule has 0 aliphatic carbocycles. The van der Waals surface area contributed by atoms with Gasteiger partial charge in [0, 0.05) is 5.57 Å². The molecule has 0 unspecified atom stereocenters. The van der Waals surface area contributed by atoms with E-state index in [0.29, 0.717) is 5.57 Å². The third kappa shape index (κ3) is 8.56. The number of hydrazine groups is 1. The van der Waals surface area contributed by atoms with E-state index in [-0.39, 0.29) is 5.91 Å². The topological polar surface area (TPSA) is 55.1 Å². The summed E-state index contributed by atoms with van der Waals surface area (Å²) in [6.45, 7) is 11.6. The zero-order valence-corrected chi connectivity index (χ0v) is 8.55. The highest BCUT2D eigenvalue weighted by atomic mass is 16.2. The number of amides is 1. The number of hydrogen-bond donors (Lipinski definition) is 2. The summed E-state index contributed by atoms with van der Waals surface area (Å²) in [6.07, 6.45) is 3.60. The Hall–Kier alpha value is -1.35. The molecule has 0 radical (unpaired) electrons. The quantitative estimate of drug-likeness (QED) is 0.170. The Balaban J connectivity index is 0. The van der Waals surface area contributed by atoms with Gasteiger partial charge >= 0.3 is 0 Å². The molecule has 0 aromatic rings. The predicted molar refractivity (Wildman–Crippen MR) is 56.8 cm³/mol. The molecule has 74 valence electrons. The SMILES string of the molecule is C=C.CC(C)=C/C=C(\C)C(=O)NN. The molecule has 0 bridgehead atoms. The van der Waals surface area contributed by atoms with E-state index >= 15 is 0 Å². The van der Waals surface area contributed by atoms with Crippen molar-refractivity contribution in [3.05, 3.63) is 36.5 Å². The maximum Gasteiger partial charge on any atom is 0.260 e. The van der Waals surface area contributed by atoms with E-state index < -0.39 is 0 Å². The number of carbonyl (C=O) groups is 1. The van der Waals surface area contributed by atoms with Crippen molar-refractivity contribution in [2.75, 3.05) is 0 Å². The van der Waals surface area contributed by atoms with Crippen LogP contribution in [0.25, 0.3) is 0 Å². The number of hydrogen-bond acceptors (Lipinski definition) is 2. The fourth-order valence-corrected chi connectivity index (χ4v) is 0.481. The molecule has 1 amide bonds. The lowest BCUT2D eigenvalue weighted by Gasteiger charge is -1.95. The van der Waals surface area contributed by atoms with Crippen molar-refractivity contribution in [1.29, 1.82) is 0 Å². The van der Waals surface area contributed by atoms with Gasteiger partial charge in [-0.25, -0.2) is 5.84 Å². The molecule has 3 N–H and O–H groups in total. The monoisotopic (exact) mass is 182 g/mol. The van der Waals surface area contributed by atoms with Crippen LogP contribution in [-0.4, -0.2) is 5.91 Å². The van der Waals surface area contributed by atoms with Crippen LogP contribution in [-0.2, 0) is 4.79 Å². The second-order valence-corrected chi connectivity index (χ2v) is 2.57. The van der Waals surface area contributed by atoms with Gasteiger partial charge in [0.15, 0.2) is 0 Å². The fourth-order valence-electron chi connectivity index (χ4n) is 0.481. The minimum absolute atomic E-state index is 0.248. The lowest BCUT2D eigenvalue weighted by molar-refractivity contribution is -0.117. The molecule has 0 atom stereocenters. The summed E-state index contributed by atoms with van der Waals surface area (Å²) in [6, 6.07) is 0. The number of nitrogens with one attached hydrogen (secondary N) is 1.